The summed E-state index contributed by atoms with van der Waals surface area (Å²) in [5.41, 5.74) is 2.86. The van der Waals surface area contributed by atoms with Crippen molar-refractivity contribution in [1.29, 1.82) is 0 Å². The van der Waals surface area contributed by atoms with Crippen LogP contribution in [0.1, 0.15) is 64.9 Å². The summed E-state index contributed by atoms with van der Waals surface area (Å²) in [7, 11) is 0. The van der Waals surface area contributed by atoms with Gasteiger partial charge in [-0.15, -0.1) is 0 Å². The van der Waals surface area contributed by atoms with Crippen molar-refractivity contribution in [1.82, 2.24) is 15.1 Å². The van der Waals surface area contributed by atoms with E-state index in [2.05, 4.69) is 50.7 Å². The normalized spacial score (nSPS) is 23.4. The highest BCUT2D eigenvalue weighted by molar-refractivity contribution is 5.12. The number of aromatic nitrogens is 2. The van der Waals surface area contributed by atoms with E-state index in [1.165, 1.54) is 24.2 Å². The molecule has 3 nitrogen and oxygen atoms in total. The fraction of sp³-hybridized carbons (Fsp3) is 0.812. The fourth-order valence-corrected chi connectivity index (χ4v) is 2.76. The molecule has 1 aliphatic carbocycles. The maximum absolute atomic E-state index is 4.81. The minimum absolute atomic E-state index is 0.215. The molecule has 2 atom stereocenters. The van der Waals surface area contributed by atoms with Gasteiger partial charge in [0.1, 0.15) is 0 Å². The van der Waals surface area contributed by atoms with Gasteiger partial charge in [0.05, 0.1) is 11.7 Å². The van der Waals surface area contributed by atoms with Crippen LogP contribution < -0.4 is 5.32 Å². The summed E-state index contributed by atoms with van der Waals surface area (Å²) in [5.74, 6) is 0.745. The molecule has 1 fully saturated rings. The number of hydrogen-bond acceptors (Lipinski definition) is 2. The molecule has 1 aliphatic rings. The molecule has 0 spiro atoms. The predicted molar refractivity (Wildman–Crippen MR) is 80.5 cm³/mol. The molecule has 1 aromatic heterocycles. The lowest BCUT2D eigenvalue weighted by Gasteiger charge is -2.39. The molecular formula is C16H29N3. The second-order valence-electron chi connectivity index (χ2n) is 6.81. The monoisotopic (exact) mass is 263 g/mol. The molecule has 1 saturated carbocycles. The van der Waals surface area contributed by atoms with Crippen LogP contribution in [-0.2, 0) is 12.8 Å². The summed E-state index contributed by atoms with van der Waals surface area (Å²) in [6, 6.07) is 2.90. The van der Waals surface area contributed by atoms with E-state index in [0.717, 1.165) is 25.3 Å². The van der Waals surface area contributed by atoms with Gasteiger partial charge in [-0.3, -0.25) is 4.68 Å². The molecule has 19 heavy (non-hydrogen) atoms. The van der Waals surface area contributed by atoms with Gasteiger partial charge in [-0.1, -0.05) is 13.8 Å². The van der Waals surface area contributed by atoms with Crippen LogP contribution in [0.2, 0.25) is 0 Å². The predicted octanol–water partition coefficient (Wildman–Crippen LogP) is 3.35. The van der Waals surface area contributed by atoms with Gasteiger partial charge >= 0.3 is 0 Å². The smallest absolute Gasteiger partial charge is 0.0624 e. The Bertz CT molecular complexity index is 414. The highest BCUT2D eigenvalue weighted by Crippen LogP contribution is 2.39. The molecule has 1 N–H and O–H groups in total. The lowest BCUT2D eigenvalue weighted by Crippen LogP contribution is -2.44. The van der Waals surface area contributed by atoms with E-state index in [1.807, 2.05) is 0 Å². The number of aryl methyl sites for hydroxylation is 2. The zero-order valence-corrected chi connectivity index (χ0v) is 13.2. The van der Waals surface area contributed by atoms with Crippen LogP contribution in [0, 0.1) is 5.92 Å². The van der Waals surface area contributed by atoms with Gasteiger partial charge in [-0.25, -0.2) is 0 Å². The van der Waals surface area contributed by atoms with E-state index in [1.54, 1.807) is 0 Å². The summed E-state index contributed by atoms with van der Waals surface area (Å²) in [4.78, 5) is 0. The summed E-state index contributed by atoms with van der Waals surface area (Å²) in [6.07, 6.45) is 4.74. The number of nitrogens with zero attached hydrogens (tertiary/aromatic N) is 2. The van der Waals surface area contributed by atoms with E-state index in [9.17, 15) is 0 Å². The molecule has 2 rings (SSSR count). The van der Waals surface area contributed by atoms with Crippen molar-refractivity contribution in [3.8, 4) is 0 Å². The average molecular weight is 263 g/mol. The van der Waals surface area contributed by atoms with Gasteiger partial charge in [0.15, 0.2) is 0 Å². The molecule has 0 amide bonds. The average Bonchev–Trinajstić information content (AvgIpc) is 2.69. The van der Waals surface area contributed by atoms with E-state index in [0.29, 0.717) is 6.04 Å². The summed E-state index contributed by atoms with van der Waals surface area (Å²) in [5, 5.41) is 8.45. The van der Waals surface area contributed by atoms with Gasteiger partial charge in [0, 0.05) is 17.8 Å². The molecule has 0 aliphatic heterocycles. The zero-order valence-electron chi connectivity index (χ0n) is 13.2. The quantitative estimate of drug-likeness (QED) is 0.883. The molecule has 1 heterocycles. The van der Waals surface area contributed by atoms with Gasteiger partial charge < -0.3 is 5.32 Å². The zero-order chi connectivity index (χ0) is 14.0. The number of rotatable bonds is 5. The van der Waals surface area contributed by atoms with Crippen molar-refractivity contribution in [2.24, 2.45) is 5.92 Å². The first kappa shape index (κ1) is 14.6. The Labute approximate surface area is 117 Å². The van der Waals surface area contributed by atoms with E-state index in [-0.39, 0.29) is 5.54 Å². The molecule has 108 valence electrons. The van der Waals surface area contributed by atoms with Crippen molar-refractivity contribution in [2.75, 3.05) is 6.54 Å². The first-order valence-electron chi connectivity index (χ1n) is 7.77. The third-order valence-corrected chi connectivity index (χ3v) is 4.17. The maximum atomic E-state index is 4.81. The Morgan fingerprint density at radius 1 is 1.26 bits per heavy atom. The van der Waals surface area contributed by atoms with Crippen molar-refractivity contribution in [2.45, 2.75) is 71.9 Å². The first-order chi connectivity index (χ1) is 8.94. The van der Waals surface area contributed by atoms with E-state index >= 15 is 0 Å². The SMILES string of the molecule is CCc1cc(CC)n(C2CCC2CNC(C)(C)C)n1. The van der Waals surface area contributed by atoms with Crippen LogP contribution in [0.3, 0.4) is 0 Å². The largest absolute Gasteiger partial charge is 0.312 e. The second kappa shape index (κ2) is 5.66. The lowest BCUT2D eigenvalue weighted by molar-refractivity contribution is 0.149. The molecule has 3 heteroatoms. The Hall–Kier alpha value is -0.830. The standard InChI is InChI=1S/C16H29N3/c1-6-13-10-14(7-2)19(18-13)15-9-8-12(15)11-17-16(3,4)5/h10,12,15,17H,6-9,11H2,1-5H3. The summed E-state index contributed by atoms with van der Waals surface area (Å²) < 4.78 is 2.32. The van der Waals surface area contributed by atoms with Gasteiger partial charge in [-0.2, -0.15) is 5.10 Å². The van der Waals surface area contributed by atoms with Crippen molar-refractivity contribution >= 4 is 0 Å². The maximum Gasteiger partial charge on any atom is 0.0624 e. The second-order valence-corrected chi connectivity index (χ2v) is 6.81. The topological polar surface area (TPSA) is 29.9 Å². The highest BCUT2D eigenvalue weighted by atomic mass is 15.3. The lowest BCUT2D eigenvalue weighted by atomic mass is 9.79. The van der Waals surface area contributed by atoms with Gasteiger partial charge in [0.2, 0.25) is 0 Å². The molecule has 0 aromatic carbocycles. The number of hydrogen-bond donors (Lipinski definition) is 1. The van der Waals surface area contributed by atoms with Crippen LogP contribution >= 0.6 is 0 Å². The minimum Gasteiger partial charge on any atom is -0.312 e. The molecule has 0 radical (unpaired) electrons. The van der Waals surface area contributed by atoms with E-state index in [4.69, 9.17) is 5.10 Å². The molecule has 2 unspecified atom stereocenters. The Balaban J connectivity index is 2.03. The summed E-state index contributed by atoms with van der Waals surface area (Å²) in [6.45, 7) is 12.2. The third-order valence-electron chi connectivity index (χ3n) is 4.17. The van der Waals surface area contributed by atoms with Crippen LogP contribution in [-0.4, -0.2) is 21.9 Å². The van der Waals surface area contributed by atoms with Crippen LogP contribution in [0.15, 0.2) is 6.07 Å². The molecule has 0 saturated heterocycles. The van der Waals surface area contributed by atoms with Crippen LogP contribution in [0.25, 0.3) is 0 Å². The molecular weight excluding hydrogens is 234 g/mol. The van der Waals surface area contributed by atoms with Gasteiger partial charge in [-0.05, 0) is 58.4 Å². The van der Waals surface area contributed by atoms with Crippen molar-refractivity contribution in [3.63, 3.8) is 0 Å². The fourth-order valence-electron chi connectivity index (χ4n) is 2.76. The van der Waals surface area contributed by atoms with E-state index < -0.39 is 0 Å². The Kier molecular flexibility index (Phi) is 4.34. The highest BCUT2D eigenvalue weighted by Gasteiger charge is 2.34. The van der Waals surface area contributed by atoms with Crippen molar-refractivity contribution < 1.29 is 0 Å². The van der Waals surface area contributed by atoms with Crippen molar-refractivity contribution in [3.05, 3.63) is 17.5 Å². The minimum atomic E-state index is 0.215. The number of nitrogens with one attached hydrogen (secondary N) is 1. The van der Waals surface area contributed by atoms with Crippen LogP contribution in [0.5, 0.6) is 0 Å². The molecule has 1 aromatic rings. The Morgan fingerprint density at radius 2 is 2.00 bits per heavy atom. The first-order valence-corrected chi connectivity index (χ1v) is 7.77. The van der Waals surface area contributed by atoms with Crippen LogP contribution in [0.4, 0.5) is 0 Å². The van der Waals surface area contributed by atoms with Gasteiger partial charge in [0.25, 0.3) is 0 Å². The summed E-state index contributed by atoms with van der Waals surface area (Å²) >= 11 is 0. The third kappa shape index (κ3) is 3.38. The Morgan fingerprint density at radius 3 is 2.47 bits per heavy atom. The molecule has 0 bridgehead atoms.